The van der Waals surface area contributed by atoms with Gasteiger partial charge in [0, 0.05) is 40.8 Å². The van der Waals surface area contributed by atoms with Gasteiger partial charge in [0.05, 0.1) is 72.2 Å². The Labute approximate surface area is 462 Å². The third-order valence-electron chi connectivity index (χ3n) is 13.7. The number of anilines is 1. The van der Waals surface area contributed by atoms with E-state index in [-0.39, 0.29) is 111 Å². The lowest BCUT2D eigenvalue weighted by Gasteiger charge is -2.37. The number of ether oxygens (including phenoxy) is 2. The fourth-order valence-corrected chi connectivity index (χ4v) is 10.1. The summed E-state index contributed by atoms with van der Waals surface area (Å²) in [5, 5.41) is 24.1. The first-order valence-corrected chi connectivity index (χ1v) is 26.5. The van der Waals surface area contributed by atoms with Crippen LogP contribution in [0.25, 0.3) is 22.3 Å². The number of carbonyl (C=O) groups excluding carboxylic acids is 8. The maximum Gasteiger partial charge on any atom is 0.340 e. The van der Waals surface area contributed by atoms with Gasteiger partial charge in [-0.15, -0.1) is 0 Å². The molecule has 4 unspecified atom stereocenters. The number of amides is 5. The number of hydrogen-bond donors (Lipinski definition) is 7. The van der Waals surface area contributed by atoms with E-state index in [9.17, 15) is 48.3 Å². The summed E-state index contributed by atoms with van der Waals surface area (Å²) >= 11 is 4.08. The smallest absolute Gasteiger partial charge is 0.340 e. The zero-order valence-corrected chi connectivity index (χ0v) is 45.9. The molecule has 1 aliphatic carbocycles. The van der Waals surface area contributed by atoms with Gasteiger partial charge in [0.2, 0.25) is 29.5 Å². The van der Waals surface area contributed by atoms with Crippen LogP contribution in [0, 0.1) is 12.7 Å². The number of fused-ring (bicyclic) bond motifs is 5. The second kappa shape index (κ2) is 27.9. The van der Waals surface area contributed by atoms with Crippen molar-refractivity contribution in [3.05, 3.63) is 127 Å². The number of carbonyl (C=O) groups is 8. The molecule has 5 heterocycles. The lowest BCUT2D eigenvalue weighted by molar-refractivity contribution is -0.157. The highest BCUT2D eigenvalue weighted by Crippen LogP contribution is 2.48. The van der Waals surface area contributed by atoms with Crippen LogP contribution in [0.5, 0.6) is 0 Å². The number of thiol groups is 1. The number of rotatable bonds is 18. The van der Waals surface area contributed by atoms with Crippen molar-refractivity contribution >= 4 is 77.3 Å². The Hall–Kier alpha value is -7.50. The van der Waals surface area contributed by atoms with E-state index < -0.39 is 28.8 Å². The molecule has 0 saturated carbocycles. The number of aliphatic hydroxyl groups is 1. The zero-order valence-electron chi connectivity index (χ0n) is 45.0. The molecule has 420 valence electrons. The van der Waals surface area contributed by atoms with E-state index in [0.29, 0.717) is 60.1 Å². The van der Waals surface area contributed by atoms with Crippen molar-refractivity contribution in [1.29, 1.82) is 0 Å². The van der Waals surface area contributed by atoms with Crippen molar-refractivity contribution in [2.45, 2.75) is 102 Å². The molecule has 22 heteroatoms. The van der Waals surface area contributed by atoms with Crippen LogP contribution in [0.2, 0.25) is 0 Å². The van der Waals surface area contributed by atoms with Crippen molar-refractivity contribution in [2.75, 3.05) is 52.0 Å². The van der Waals surface area contributed by atoms with Gasteiger partial charge in [-0.25, -0.2) is 19.1 Å². The predicted molar refractivity (Wildman–Crippen MR) is 296 cm³/mol. The van der Waals surface area contributed by atoms with Crippen LogP contribution < -0.4 is 37.0 Å². The Morgan fingerprint density at radius 2 is 1.63 bits per heavy atom. The third kappa shape index (κ3) is 14.2. The summed E-state index contributed by atoms with van der Waals surface area (Å²) in [5.74, 6) is -2.27. The molecule has 4 aliphatic rings. The number of pyridine rings is 2. The zero-order chi connectivity index (χ0) is 57.6. The highest BCUT2D eigenvalue weighted by Gasteiger charge is 2.42. The summed E-state index contributed by atoms with van der Waals surface area (Å²) in [6.07, 6.45) is 2.57. The molecule has 0 bridgehead atoms. The number of aldehydes is 2. The summed E-state index contributed by atoms with van der Waals surface area (Å²) in [7, 11) is 3.37. The summed E-state index contributed by atoms with van der Waals surface area (Å²) in [6, 6.07) is 19.1. The monoisotopic (exact) mass is 1110 g/mol. The first-order valence-electron chi connectivity index (χ1n) is 26.0. The molecule has 1 saturated heterocycles. The van der Waals surface area contributed by atoms with Gasteiger partial charge in [0.25, 0.3) is 5.56 Å². The molecule has 2 aromatic heterocycles. The number of imide groups is 1. The van der Waals surface area contributed by atoms with Crippen LogP contribution in [0.15, 0.2) is 71.5 Å². The fourth-order valence-electron chi connectivity index (χ4n) is 9.83. The molecule has 20 nitrogen and oxygen atoms in total. The number of benzene rings is 3. The molecule has 4 atom stereocenters. The number of esters is 1. The van der Waals surface area contributed by atoms with E-state index in [1.165, 1.54) is 6.07 Å². The number of likely N-dealkylation sites (N-methyl/N-ethyl adjacent to an activating group) is 2. The molecule has 9 rings (SSSR count). The van der Waals surface area contributed by atoms with Gasteiger partial charge < -0.3 is 55.3 Å². The summed E-state index contributed by atoms with van der Waals surface area (Å²) < 4.78 is 27.5. The summed E-state index contributed by atoms with van der Waals surface area (Å²) in [5.41, 5.74) is 6.76. The van der Waals surface area contributed by atoms with Crippen molar-refractivity contribution in [1.82, 2.24) is 36.1 Å². The largest absolute Gasteiger partial charge is 0.458 e. The molecular formula is C57H67FN8O12S. The SMILES string of the molecule is CC.CNCC(=O)NC(C=O)Cc1ccccc1.CNCC(=O)NCOCC1(C)CCc2c(C)c(F)cc3nc4c(c1c23)Cn1c-4cc2c(c1=O)COC(=O)C2O.O=CCNC(=O)CCc1ccc(N2C(=O)CC(S)C2=O)cc1. The van der Waals surface area contributed by atoms with Crippen molar-refractivity contribution < 1.29 is 57.3 Å². The van der Waals surface area contributed by atoms with Gasteiger partial charge >= 0.3 is 5.97 Å². The number of aliphatic hydroxyl groups excluding tert-OH is 1. The first kappa shape index (κ1) is 60.7. The topological polar surface area (TPSA) is 274 Å². The minimum Gasteiger partial charge on any atom is -0.458 e. The number of halogens is 1. The highest BCUT2D eigenvalue weighted by atomic mass is 32.1. The van der Waals surface area contributed by atoms with Crippen molar-refractivity contribution in [3.8, 4) is 11.4 Å². The minimum absolute atomic E-state index is 0.0157. The Balaban J connectivity index is 0.000000212. The van der Waals surface area contributed by atoms with Gasteiger partial charge in [0.1, 0.15) is 31.7 Å². The minimum atomic E-state index is -1.56. The predicted octanol–water partition coefficient (Wildman–Crippen LogP) is 3.13. The van der Waals surface area contributed by atoms with Gasteiger partial charge in [-0.2, -0.15) is 12.6 Å². The van der Waals surface area contributed by atoms with E-state index in [2.05, 4.69) is 46.1 Å². The average Bonchev–Trinajstić information content (AvgIpc) is 4.10. The van der Waals surface area contributed by atoms with Crippen LogP contribution in [-0.2, 0) is 85.7 Å². The van der Waals surface area contributed by atoms with Gasteiger partial charge in [-0.3, -0.25) is 28.8 Å². The van der Waals surface area contributed by atoms with Crippen LogP contribution in [0.1, 0.15) is 90.6 Å². The first-order chi connectivity index (χ1) is 37.9. The Morgan fingerprint density at radius 1 is 0.937 bits per heavy atom. The van der Waals surface area contributed by atoms with Gasteiger partial charge in [0.15, 0.2) is 6.10 Å². The van der Waals surface area contributed by atoms with E-state index >= 15 is 4.39 Å². The molecule has 5 amide bonds. The van der Waals surface area contributed by atoms with E-state index in [1.807, 2.05) is 44.2 Å². The Kier molecular flexibility index (Phi) is 21.4. The lowest BCUT2D eigenvalue weighted by atomic mass is 9.69. The van der Waals surface area contributed by atoms with Crippen molar-refractivity contribution in [3.63, 3.8) is 0 Å². The number of aromatic nitrogens is 2. The molecule has 1 fully saturated rings. The highest BCUT2D eigenvalue weighted by molar-refractivity contribution is 7.82. The molecule has 5 aromatic rings. The molecule has 79 heavy (non-hydrogen) atoms. The van der Waals surface area contributed by atoms with Crippen LogP contribution in [0.3, 0.4) is 0 Å². The maximum atomic E-state index is 15.0. The second-order valence-electron chi connectivity index (χ2n) is 19.2. The van der Waals surface area contributed by atoms with E-state index in [1.54, 1.807) is 55.9 Å². The maximum absolute atomic E-state index is 15.0. The van der Waals surface area contributed by atoms with Crippen LogP contribution in [-0.4, -0.2) is 121 Å². The van der Waals surface area contributed by atoms with Crippen LogP contribution in [0.4, 0.5) is 10.1 Å². The van der Waals surface area contributed by atoms with Crippen molar-refractivity contribution in [2.24, 2.45) is 0 Å². The molecule has 3 aliphatic heterocycles. The van der Waals surface area contributed by atoms with E-state index in [0.717, 1.165) is 44.4 Å². The Bertz CT molecular complexity index is 3160. The molecule has 6 N–H and O–H groups in total. The van der Waals surface area contributed by atoms with Crippen LogP contribution >= 0.6 is 12.6 Å². The molecular weight excluding hydrogens is 1040 g/mol. The normalized spacial score (nSPS) is 17.7. The number of nitrogens with one attached hydrogen (secondary N) is 5. The summed E-state index contributed by atoms with van der Waals surface area (Å²) in [6.45, 7) is 8.62. The quantitative estimate of drug-likeness (QED) is 0.0163. The average molecular weight is 1110 g/mol. The number of hydrogen-bond acceptors (Lipinski definition) is 16. The number of nitrogens with zero attached hydrogens (tertiary/aromatic N) is 3. The third-order valence-corrected chi connectivity index (χ3v) is 14.1. The van der Waals surface area contributed by atoms with Gasteiger partial charge in [-0.1, -0.05) is 63.2 Å². The summed E-state index contributed by atoms with van der Waals surface area (Å²) in [4.78, 5) is 111. The number of aryl methyl sites for hydroxylation is 2. The molecule has 0 radical (unpaired) electrons. The molecule has 3 aromatic carbocycles. The Morgan fingerprint density at radius 3 is 2.28 bits per heavy atom. The number of cyclic esters (lactones) is 1. The second-order valence-corrected chi connectivity index (χ2v) is 19.8. The standard InChI is InChI=1S/C28H29FN4O6.C15H16N2O4S.C12H16N2O2.C2H6/c1-13-14-4-5-28(2,11-38-12-31-21(34)8-30-3)23-16-9-33-20(24(16)32-19(22(14)23)7-18(13)29)6-15-17(26(33)36)10-39-27(37)25(15)35;18-8-7-16-13(19)6-3-10-1-4-11(5-2-10)17-14(20)9-12(22)15(17)21;1-13-8-12(16)14-11(9-15)7-10-5-3-2-4-6-10;1-2/h6-7,25,30,35H,4-5,8-12H2,1-3H3,(H,31,34);1-2,4-5,8,12,22H,3,6-7,9H2,(H,16,19);2-6,9,11,13H,7-8H2,1H3,(H,14,16);1-2H3. The molecule has 0 spiro atoms. The fraction of sp³-hybridized carbons (Fsp3) is 0.404. The van der Waals surface area contributed by atoms with E-state index in [4.69, 9.17) is 14.5 Å². The van der Waals surface area contributed by atoms with Gasteiger partial charge in [-0.05, 0) is 92.7 Å². The lowest BCUT2D eigenvalue weighted by Crippen LogP contribution is -2.41.